The molecule has 2 aliphatic heterocycles. The van der Waals surface area contributed by atoms with Crippen molar-refractivity contribution in [3.63, 3.8) is 0 Å². The van der Waals surface area contributed by atoms with Crippen LogP contribution in [0.2, 0.25) is 0 Å². The van der Waals surface area contributed by atoms with Crippen LogP contribution in [0.3, 0.4) is 0 Å². The van der Waals surface area contributed by atoms with Gasteiger partial charge < -0.3 is 15.3 Å². The summed E-state index contributed by atoms with van der Waals surface area (Å²) in [7, 11) is 0. The maximum Gasteiger partial charge on any atom is 0.274 e. The number of amides is 1. The minimum Gasteiger partial charge on any atom is -0.393 e. The first-order chi connectivity index (χ1) is 8.75. The van der Waals surface area contributed by atoms with Crippen molar-refractivity contribution in [1.29, 1.82) is 0 Å². The highest BCUT2D eigenvalue weighted by Gasteiger charge is 2.27. The lowest BCUT2D eigenvalue weighted by molar-refractivity contribution is 0.0540. The van der Waals surface area contributed by atoms with E-state index in [1.807, 2.05) is 0 Å². The molecule has 3 heterocycles. The number of aromatic nitrogens is 2. The lowest BCUT2D eigenvalue weighted by Crippen LogP contribution is -2.40. The number of hydrogen-bond donors (Lipinski definition) is 3. The van der Waals surface area contributed by atoms with Gasteiger partial charge in [0.15, 0.2) is 5.69 Å². The molecule has 0 bridgehead atoms. The summed E-state index contributed by atoms with van der Waals surface area (Å²) in [4.78, 5) is 14.2. The van der Waals surface area contributed by atoms with Crippen molar-refractivity contribution in [2.24, 2.45) is 0 Å². The molecule has 3 rings (SSSR count). The summed E-state index contributed by atoms with van der Waals surface area (Å²) >= 11 is 0. The summed E-state index contributed by atoms with van der Waals surface area (Å²) in [5.41, 5.74) is 2.64. The van der Waals surface area contributed by atoms with Crippen LogP contribution in [-0.2, 0) is 13.0 Å². The quantitative estimate of drug-likeness (QED) is 0.683. The standard InChI is InChI=1S/C12H18N4O2.ClH/c17-8-2-5-16(6-3-8)12(18)11-9-7-13-4-1-10(9)14-15-11;/h8,13,17H,1-7H2,(H,14,15);1H. The molecule has 6 nitrogen and oxygen atoms in total. The Morgan fingerprint density at radius 1 is 1.37 bits per heavy atom. The van der Waals surface area contributed by atoms with Crippen LogP contribution < -0.4 is 5.32 Å². The van der Waals surface area contributed by atoms with Gasteiger partial charge in [0.2, 0.25) is 0 Å². The fourth-order valence-electron chi connectivity index (χ4n) is 2.62. The van der Waals surface area contributed by atoms with Crippen molar-refractivity contribution in [3.05, 3.63) is 17.0 Å². The predicted molar refractivity (Wildman–Crippen MR) is 72.4 cm³/mol. The normalized spacial score (nSPS) is 19.7. The number of nitrogens with one attached hydrogen (secondary N) is 2. The van der Waals surface area contributed by atoms with Crippen molar-refractivity contribution < 1.29 is 9.90 Å². The number of carbonyl (C=O) groups excluding carboxylic acids is 1. The number of aliphatic hydroxyl groups excluding tert-OH is 1. The van der Waals surface area contributed by atoms with E-state index < -0.39 is 0 Å². The molecule has 0 atom stereocenters. The molecule has 1 saturated heterocycles. The Kier molecular flexibility index (Phi) is 4.44. The van der Waals surface area contributed by atoms with Gasteiger partial charge in [0, 0.05) is 43.9 Å². The molecule has 1 amide bonds. The van der Waals surface area contributed by atoms with E-state index in [-0.39, 0.29) is 24.4 Å². The second-order valence-electron chi connectivity index (χ2n) is 4.98. The van der Waals surface area contributed by atoms with E-state index in [1.165, 1.54) is 0 Å². The number of aliphatic hydroxyl groups is 1. The van der Waals surface area contributed by atoms with E-state index in [1.54, 1.807) is 4.90 Å². The Morgan fingerprint density at radius 3 is 2.84 bits per heavy atom. The first-order valence-electron chi connectivity index (χ1n) is 6.50. The summed E-state index contributed by atoms with van der Waals surface area (Å²) < 4.78 is 0. The van der Waals surface area contributed by atoms with E-state index in [9.17, 15) is 9.90 Å². The number of hydrogen-bond acceptors (Lipinski definition) is 4. The Labute approximate surface area is 118 Å². The van der Waals surface area contributed by atoms with Crippen LogP contribution in [0.25, 0.3) is 0 Å². The van der Waals surface area contributed by atoms with Gasteiger partial charge in [-0.15, -0.1) is 12.4 Å². The van der Waals surface area contributed by atoms with Crippen molar-refractivity contribution in [2.75, 3.05) is 19.6 Å². The first-order valence-corrected chi connectivity index (χ1v) is 6.50. The maximum absolute atomic E-state index is 12.4. The number of halogens is 1. The van der Waals surface area contributed by atoms with Gasteiger partial charge in [-0.3, -0.25) is 9.89 Å². The highest BCUT2D eigenvalue weighted by Crippen LogP contribution is 2.19. The van der Waals surface area contributed by atoms with Crippen LogP contribution in [0.1, 0.15) is 34.6 Å². The predicted octanol–water partition coefficient (Wildman–Crippen LogP) is 0.0741. The van der Waals surface area contributed by atoms with E-state index >= 15 is 0 Å². The SMILES string of the molecule is Cl.O=C(c1n[nH]c2c1CNCC2)N1CCC(O)CC1. The summed E-state index contributed by atoms with van der Waals surface area (Å²) in [6.07, 6.45) is 1.96. The van der Waals surface area contributed by atoms with Gasteiger partial charge in [-0.1, -0.05) is 0 Å². The number of fused-ring (bicyclic) bond motifs is 1. The molecule has 3 N–H and O–H groups in total. The van der Waals surface area contributed by atoms with Crippen molar-refractivity contribution >= 4 is 18.3 Å². The third-order valence-corrected chi connectivity index (χ3v) is 3.76. The highest BCUT2D eigenvalue weighted by molar-refractivity contribution is 5.94. The van der Waals surface area contributed by atoms with Crippen molar-refractivity contribution in [3.8, 4) is 0 Å². The fourth-order valence-corrected chi connectivity index (χ4v) is 2.62. The molecule has 0 radical (unpaired) electrons. The molecule has 106 valence electrons. The van der Waals surface area contributed by atoms with Gasteiger partial charge in [-0.2, -0.15) is 5.10 Å². The number of nitrogens with zero attached hydrogens (tertiary/aromatic N) is 2. The summed E-state index contributed by atoms with van der Waals surface area (Å²) in [5, 5.41) is 19.9. The van der Waals surface area contributed by atoms with Crippen LogP contribution in [-0.4, -0.2) is 51.8 Å². The minimum atomic E-state index is -0.260. The van der Waals surface area contributed by atoms with Gasteiger partial charge >= 0.3 is 0 Å². The number of aromatic amines is 1. The molecule has 0 saturated carbocycles. The molecule has 0 spiro atoms. The number of rotatable bonds is 1. The van der Waals surface area contributed by atoms with E-state index in [0.717, 1.165) is 24.2 Å². The fraction of sp³-hybridized carbons (Fsp3) is 0.667. The molecule has 1 fully saturated rings. The average Bonchev–Trinajstić information content (AvgIpc) is 2.82. The summed E-state index contributed by atoms with van der Waals surface area (Å²) in [6.45, 7) is 2.88. The number of H-pyrrole nitrogens is 1. The number of carbonyl (C=O) groups is 1. The number of piperidine rings is 1. The zero-order chi connectivity index (χ0) is 12.5. The van der Waals surface area contributed by atoms with Crippen molar-refractivity contribution in [1.82, 2.24) is 20.4 Å². The van der Waals surface area contributed by atoms with E-state index in [0.29, 0.717) is 38.2 Å². The van der Waals surface area contributed by atoms with Crippen molar-refractivity contribution in [2.45, 2.75) is 31.9 Å². The number of likely N-dealkylation sites (tertiary alicyclic amines) is 1. The van der Waals surface area contributed by atoms with Gasteiger partial charge in [-0.25, -0.2) is 0 Å². The molecule has 19 heavy (non-hydrogen) atoms. The Morgan fingerprint density at radius 2 is 2.11 bits per heavy atom. The highest BCUT2D eigenvalue weighted by atomic mass is 35.5. The second-order valence-corrected chi connectivity index (χ2v) is 4.98. The first kappa shape index (κ1) is 14.3. The van der Waals surface area contributed by atoms with Gasteiger partial charge in [0.05, 0.1) is 6.10 Å². The largest absolute Gasteiger partial charge is 0.393 e. The lowest BCUT2D eigenvalue weighted by Gasteiger charge is -2.29. The van der Waals surface area contributed by atoms with Crippen LogP contribution in [0.4, 0.5) is 0 Å². The van der Waals surface area contributed by atoms with Gasteiger partial charge in [0.1, 0.15) is 0 Å². The summed E-state index contributed by atoms with van der Waals surface area (Å²) in [6, 6.07) is 0. The van der Waals surface area contributed by atoms with Gasteiger partial charge in [-0.05, 0) is 12.8 Å². The Balaban J connectivity index is 0.00000133. The van der Waals surface area contributed by atoms with Crippen LogP contribution in [0, 0.1) is 0 Å². The Hall–Kier alpha value is -1.11. The van der Waals surface area contributed by atoms with E-state index in [2.05, 4.69) is 15.5 Å². The maximum atomic E-state index is 12.4. The van der Waals surface area contributed by atoms with Gasteiger partial charge in [0.25, 0.3) is 5.91 Å². The lowest BCUT2D eigenvalue weighted by atomic mass is 10.0. The molecule has 2 aliphatic rings. The smallest absolute Gasteiger partial charge is 0.274 e. The third kappa shape index (κ3) is 2.75. The van der Waals surface area contributed by atoms with Crippen LogP contribution in [0.5, 0.6) is 0 Å². The van der Waals surface area contributed by atoms with E-state index in [4.69, 9.17) is 0 Å². The van der Waals surface area contributed by atoms with Crippen LogP contribution in [0.15, 0.2) is 0 Å². The zero-order valence-electron chi connectivity index (χ0n) is 10.7. The molecule has 0 aliphatic carbocycles. The average molecular weight is 287 g/mol. The zero-order valence-corrected chi connectivity index (χ0v) is 11.5. The molecule has 0 aromatic carbocycles. The molecule has 0 unspecified atom stereocenters. The monoisotopic (exact) mass is 286 g/mol. The second kappa shape index (κ2) is 5.90. The molecule has 1 aromatic heterocycles. The third-order valence-electron chi connectivity index (χ3n) is 3.76. The molecule has 1 aromatic rings. The molecular formula is C12H19ClN4O2. The Bertz CT molecular complexity index is 455. The molecular weight excluding hydrogens is 268 g/mol. The summed E-state index contributed by atoms with van der Waals surface area (Å²) in [5.74, 6) is -0.0110. The van der Waals surface area contributed by atoms with Crippen LogP contribution >= 0.6 is 12.4 Å². The topological polar surface area (TPSA) is 81.2 Å². The molecule has 7 heteroatoms. The minimum absolute atomic E-state index is 0.